The maximum absolute atomic E-state index is 13.1. The van der Waals surface area contributed by atoms with E-state index in [9.17, 15) is 49.2 Å². The molecule has 4 atom stereocenters. The highest BCUT2D eigenvalue weighted by atomic mass is 32.2. The number of anilines is 1. The fourth-order valence-corrected chi connectivity index (χ4v) is 13.5. The molecule has 0 bridgehead atoms. The van der Waals surface area contributed by atoms with E-state index < -0.39 is 45.6 Å². The number of aromatic nitrogens is 6. The normalized spacial score (nSPS) is 17.9. The Hall–Kier alpha value is -5.44. The lowest BCUT2D eigenvalue weighted by Gasteiger charge is -2.28. The Kier molecular flexibility index (Phi) is 19.0. The highest BCUT2D eigenvalue weighted by molar-refractivity contribution is 8.03. The van der Waals surface area contributed by atoms with Crippen molar-refractivity contribution in [3.8, 4) is 28.7 Å². The van der Waals surface area contributed by atoms with Crippen LogP contribution in [0.15, 0.2) is 60.4 Å². The lowest BCUT2D eigenvalue weighted by molar-refractivity contribution is 0.0646. The lowest BCUT2D eigenvalue weighted by atomic mass is 9.77. The molecule has 6 aromatic rings. The fourth-order valence-electron chi connectivity index (χ4n) is 7.76. The van der Waals surface area contributed by atoms with Gasteiger partial charge < -0.3 is 64.5 Å². The fraction of sp³-hybridized carbons (Fsp3) is 0.372. The van der Waals surface area contributed by atoms with Crippen molar-refractivity contribution >= 4 is 114 Å². The number of rotatable bonds is 17. The van der Waals surface area contributed by atoms with E-state index in [-0.39, 0.29) is 60.9 Å². The van der Waals surface area contributed by atoms with Crippen LogP contribution in [0.25, 0.3) is 0 Å². The number of nitrogens with zero attached hydrogens (tertiary/aromatic N) is 6. The third-order valence-electron chi connectivity index (χ3n) is 11.4. The summed E-state index contributed by atoms with van der Waals surface area (Å²) in [5.74, 6) is -2.93. The summed E-state index contributed by atoms with van der Waals surface area (Å²) >= 11 is 8.22. The van der Waals surface area contributed by atoms with Crippen LogP contribution in [-0.2, 0) is 19.3 Å². The zero-order valence-corrected chi connectivity index (χ0v) is 44.8. The number of benzene rings is 3. The second-order valence-corrected chi connectivity index (χ2v) is 23.9. The lowest BCUT2D eigenvalue weighted by Crippen LogP contribution is -2.51. The minimum absolute atomic E-state index is 0.00210. The van der Waals surface area contributed by atoms with Crippen molar-refractivity contribution in [1.82, 2.24) is 35.9 Å². The van der Waals surface area contributed by atoms with Crippen molar-refractivity contribution in [3.63, 3.8) is 0 Å². The Bertz CT molecular complexity index is 2950. The second kappa shape index (κ2) is 25.6. The van der Waals surface area contributed by atoms with Gasteiger partial charge in [-0.05, 0) is 67.0 Å². The van der Waals surface area contributed by atoms with Crippen LogP contribution in [0.3, 0.4) is 0 Å². The SMILES string of the molecule is CC(F)Oc1ccc2c(c1C(=O)O)OB(O)[C@@H](Sc1nncs1)C2.CCCCOc1ccc2c(c1C(=O)O)OB(O)[C@@H](Sc1nncs1)C2.Cc1ccc2c(c1C(=O)O)OB(O)[C@@H](Sc1nnc(NC3CNC3)s1)C2. The van der Waals surface area contributed by atoms with Gasteiger partial charge in [0.2, 0.25) is 11.5 Å². The number of hydrogen-bond donors (Lipinski definition) is 8. The topological polar surface area (TPSA) is 320 Å². The molecule has 0 aliphatic carbocycles. The summed E-state index contributed by atoms with van der Waals surface area (Å²) in [7, 11) is -3.48. The number of halogens is 1. The quantitative estimate of drug-likeness (QED) is 0.0406. The van der Waals surface area contributed by atoms with Crippen LogP contribution in [-0.4, -0.2) is 148 Å². The van der Waals surface area contributed by atoms with Crippen molar-refractivity contribution < 1.29 is 72.6 Å². The summed E-state index contributed by atoms with van der Waals surface area (Å²) < 4.78 is 42.3. The van der Waals surface area contributed by atoms with Gasteiger partial charge in [0, 0.05) is 20.0 Å². The molecule has 10 rings (SSSR count). The molecule has 0 radical (unpaired) electrons. The zero-order valence-electron chi connectivity index (χ0n) is 39.9. The zero-order chi connectivity index (χ0) is 53.3. The van der Waals surface area contributed by atoms with E-state index in [1.54, 1.807) is 42.2 Å². The summed E-state index contributed by atoms with van der Waals surface area (Å²) in [4.78, 5) is 34.7. The van der Waals surface area contributed by atoms with Gasteiger partial charge in [0.15, 0.2) is 13.0 Å². The average molecular weight is 1140 g/mol. The molecule has 22 nitrogen and oxygen atoms in total. The number of alkyl halides is 1. The van der Waals surface area contributed by atoms with Crippen molar-refractivity contribution in [2.45, 2.75) is 93.7 Å². The smallest absolute Gasteiger partial charge is 0.535 e. The Morgan fingerprint density at radius 2 is 1.21 bits per heavy atom. The van der Waals surface area contributed by atoms with E-state index in [0.29, 0.717) is 47.4 Å². The Morgan fingerprint density at radius 1 is 0.733 bits per heavy atom. The largest absolute Gasteiger partial charge is 0.537 e. The van der Waals surface area contributed by atoms with Gasteiger partial charge in [0.25, 0.3) is 0 Å². The van der Waals surface area contributed by atoms with Gasteiger partial charge in [-0.3, -0.25) is 0 Å². The van der Waals surface area contributed by atoms with E-state index in [4.69, 9.17) is 23.4 Å². The maximum atomic E-state index is 13.1. The van der Waals surface area contributed by atoms with E-state index in [1.165, 1.54) is 75.4 Å². The average Bonchev–Trinajstić information content (AvgIpc) is 4.17. The van der Waals surface area contributed by atoms with Gasteiger partial charge in [-0.1, -0.05) is 107 Å². The predicted molar refractivity (Wildman–Crippen MR) is 282 cm³/mol. The molecule has 1 unspecified atom stereocenters. The standard InChI is InChI=1S/C15H17BN4O4S2.C15H17BN2O5S2.C13H12BFN2O5S2/c1-7-2-3-8-4-10(16(23)24-12(8)11(7)13(21)22)25-15-20-19-14(26-15)18-9-5-17-6-9;1-2-3-6-22-10-5-4-9-7-11(25-15-18-17-8-24-15)16(21)23-13(9)12(10)14(19)20;1-6(15)21-8-3-2-7-4-9(24-13-17-16-5-23-13)14(20)22-11(7)10(8)12(18)19/h2-3,9-10,17,23H,4-6H2,1H3,(H,18,19)(H,21,22);4-5,8,11,21H,2-3,6-7H2,1H3,(H,19,20);2-3,5-6,9,20H,4H2,1H3,(H,18,19)/t10-;11-;6?,9-/m000/s1. The Labute approximate surface area is 453 Å². The monoisotopic (exact) mass is 1140 g/mol. The van der Waals surface area contributed by atoms with E-state index in [1.807, 2.05) is 13.0 Å². The number of carbonyl (C=O) groups is 3. The van der Waals surface area contributed by atoms with E-state index in [2.05, 4.69) is 41.2 Å². The van der Waals surface area contributed by atoms with Crippen LogP contribution in [0.4, 0.5) is 9.52 Å². The van der Waals surface area contributed by atoms with Crippen LogP contribution in [0, 0.1) is 6.92 Å². The van der Waals surface area contributed by atoms with Gasteiger partial charge in [0.1, 0.15) is 56.5 Å². The molecule has 8 N–H and O–H groups in total. The summed E-state index contributed by atoms with van der Waals surface area (Å²) in [5.41, 5.74) is 5.69. The third-order valence-corrected chi connectivity index (χ3v) is 17.7. The van der Waals surface area contributed by atoms with Gasteiger partial charge in [-0.15, -0.1) is 30.6 Å². The molecule has 1 fully saturated rings. The number of nitrogens with one attached hydrogen (secondary N) is 2. The van der Waals surface area contributed by atoms with Gasteiger partial charge in [-0.25, -0.2) is 18.8 Å². The van der Waals surface area contributed by atoms with Crippen molar-refractivity contribution in [2.24, 2.45) is 0 Å². The van der Waals surface area contributed by atoms with Crippen molar-refractivity contribution in [2.75, 3.05) is 25.0 Å². The van der Waals surface area contributed by atoms with Crippen LogP contribution in [0.5, 0.6) is 28.7 Å². The van der Waals surface area contributed by atoms with Crippen molar-refractivity contribution in [3.05, 3.63) is 86.4 Å². The Balaban J connectivity index is 0.000000150. The molecular weight excluding hydrogens is 1100 g/mol. The number of hydrogen-bond acceptors (Lipinski definition) is 25. The number of thioether (sulfide) groups is 3. The minimum Gasteiger partial charge on any atom is -0.535 e. The molecule has 4 aliphatic rings. The molecule has 4 aliphatic heterocycles. The van der Waals surface area contributed by atoms with Crippen LogP contribution >= 0.6 is 69.3 Å². The molecule has 394 valence electrons. The van der Waals surface area contributed by atoms with Crippen LogP contribution < -0.4 is 34.1 Å². The number of fused-ring (bicyclic) bond motifs is 3. The first-order chi connectivity index (χ1) is 36.1. The molecular formula is C43H46B3FN8O14S6. The minimum atomic E-state index is -1.67. The van der Waals surface area contributed by atoms with E-state index >= 15 is 0 Å². The van der Waals surface area contributed by atoms with Crippen LogP contribution in [0.1, 0.15) is 80.0 Å². The maximum Gasteiger partial charge on any atom is 0.537 e. The highest BCUT2D eigenvalue weighted by Crippen LogP contribution is 2.43. The number of aromatic carboxylic acids is 3. The summed E-state index contributed by atoms with van der Waals surface area (Å²) in [5, 5.41) is 89.2. The number of unbranched alkanes of at least 4 members (excludes halogenated alkanes) is 1. The molecule has 0 saturated carbocycles. The highest BCUT2D eigenvalue weighted by Gasteiger charge is 2.42. The number of carboxylic acids is 3. The van der Waals surface area contributed by atoms with E-state index in [0.717, 1.165) is 57.8 Å². The number of ether oxygens (including phenoxy) is 2. The third kappa shape index (κ3) is 14.0. The molecule has 0 amide bonds. The first-order valence-electron chi connectivity index (χ1n) is 23.0. The summed E-state index contributed by atoms with van der Waals surface area (Å²) in [6.07, 6.45) is 1.45. The molecule has 0 spiro atoms. The summed E-state index contributed by atoms with van der Waals surface area (Å²) in [6, 6.07) is 10.5. The molecule has 3 aromatic heterocycles. The van der Waals surface area contributed by atoms with Crippen molar-refractivity contribution in [1.29, 1.82) is 0 Å². The van der Waals surface area contributed by atoms with Crippen LogP contribution in [0.2, 0.25) is 0 Å². The van der Waals surface area contributed by atoms with Gasteiger partial charge in [-0.2, -0.15) is 0 Å². The number of carboxylic acid groups (broad SMARTS) is 3. The first kappa shape index (κ1) is 55.8. The van der Waals surface area contributed by atoms with Gasteiger partial charge >= 0.3 is 39.3 Å². The van der Waals surface area contributed by atoms with Gasteiger partial charge in [0.05, 0.1) is 28.1 Å². The molecule has 7 heterocycles. The molecule has 3 aromatic carbocycles. The second-order valence-electron chi connectivity index (χ2n) is 16.8. The first-order valence-corrected chi connectivity index (χ1v) is 28.2. The molecule has 32 heteroatoms. The number of aryl methyl sites for hydroxylation is 1. The Morgan fingerprint density at radius 3 is 1.67 bits per heavy atom. The predicted octanol–water partition coefficient (Wildman–Crippen LogP) is 5.62. The molecule has 75 heavy (non-hydrogen) atoms. The summed E-state index contributed by atoms with van der Waals surface area (Å²) in [6.45, 7) is 7.17. The molecule has 1 saturated heterocycles.